The molecule has 3 rings (SSSR count). The highest BCUT2D eigenvalue weighted by Crippen LogP contribution is 2.23. The van der Waals surface area contributed by atoms with Crippen LogP contribution >= 0.6 is 11.3 Å². The Morgan fingerprint density at radius 2 is 1.96 bits per heavy atom. The lowest BCUT2D eigenvalue weighted by atomic mass is 10.2. The summed E-state index contributed by atoms with van der Waals surface area (Å²) in [6.45, 7) is 2.37. The summed E-state index contributed by atoms with van der Waals surface area (Å²) in [5, 5.41) is 7.25. The highest BCUT2D eigenvalue weighted by atomic mass is 32.1. The smallest absolute Gasteiger partial charge is 0.261 e. The van der Waals surface area contributed by atoms with Gasteiger partial charge in [-0.25, -0.2) is 0 Å². The number of amides is 3. The summed E-state index contributed by atoms with van der Waals surface area (Å²) in [6, 6.07) is 9.98. The number of benzene rings is 1. The molecule has 1 saturated heterocycles. The van der Waals surface area contributed by atoms with Crippen LogP contribution in [0.5, 0.6) is 0 Å². The first-order valence-corrected chi connectivity index (χ1v) is 8.98. The van der Waals surface area contributed by atoms with E-state index in [-0.39, 0.29) is 17.7 Å². The van der Waals surface area contributed by atoms with Gasteiger partial charge in [0.2, 0.25) is 11.8 Å². The van der Waals surface area contributed by atoms with Gasteiger partial charge in [0, 0.05) is 24.3 Å². The van der Waals surface area contributed by atoms with Gasteiger partial charge in [-0.2, -0.15) is 0 Å². The first-order valence-electron chi connectivity index (χ1n) is 8.10. The molecule has 0 aliphatic carbocycles. The van der Waals surface area contributed by atoms with Crippen molar-refractivity contribution in [2.24, 2.45) is 0 Å². The Morgan fingerprint density at radius 3 is 2.56 bits per heavy atom. The van der Waals surface area contributed by atoms with E-state index in [4.69, 9.17) is 0 Å². The molecule has 1 unspecified atom stereocenters. The van der Waals surface area contributed by atoms with Crippen LogP contribution in [-0.2, 0) is 9.59 Å². The van der Waals surface area contributed by atoms with Crippen molar-refractivity contribution in [3.8, 4) is 0 Å². The largest absolute Gasteiger partial charge is 0.340 e. The third-order valence-corrected chi connectivity index (χ3v) is 4.87. The van der Waals surface area contributed by atoms with E-state index in [9.17, 15) is 14.4 Å². The molecule has 2 heterocycles. The predicted molar refractivity (Wildman–Crippen MR) is 97.9 cm³/mol. The normalized spacial score (nSPS) is 15.1. The van der Waals surface area contributed by atoms with Gasteiger partial charge in [0.1, 0.15) is 6.04 Å². The van der Waals surface area contributed by atoms with Gasteiger partial charge in [-0.3, -0.25) is 14.4 Å². The molecule has 2 N–H and O–H groups in total. The molecule has 0 radical (unpaired) electrons. The summed E-state index contributed by atoms with van der Waals surface area (Å²) in [4.78, 5) is 38.3. The summed E-state index contributed by atoms with van der Waals surface area (Å²) in [5.41, 5.74) is 1.46. The van der Waals surface area contributed by atoms with Crippen LogP contribution in [0.25, 0.3) is 0 Å². The first kappa shape index (κ1) is 17.2. The fourth-order valence-corrected chi connectivity index (χ4v) is 3.26. The fraction of sp³-hybridized carbons (Fsp3) is 0.278. The summed E-state index contributed by atoms with van der Waals surface area (Å²) in [7, 11) is 0. The predicted octanol–water partition coefficient (Wildman–Crippen LogP) is 2.63. The lowest BCUT2D eigenvalue weighted by molar-refractivity contribution is -0.118. The summed E-state index contributed by atoms with van der Waals surface area (Å²) < 4.78 is 0. The Hall–Kier alpha value is -2.67. The van der Waals surface area contributed by atoms with Gasteiger partial charge in [-0.15, -0.1) is 11.3 Å². The van der Waals surface area contributed by atoms with Gasteiger partial charge in [0.05, 0.1) is 4.88 Å². The van der Waals surface area contributed by atoms with Gasteiger partial charge < -0.3 is 15.5 Å². The second kappa shape index (κ2) is 7.48. The molecule has 2 aromatic rings. The van der Waals surface area contributed by atoms with E-state index in [1.807, 2.05) is 17.5 Å². The quantitative estimate of drug-likeness (QED) is 0.863. The van der Waals surface area contributed by atoms with Crippen LogP contribution in [0.1, 0.15) is 29.4 Å². The maximum Gasteiger partial charge on any atom is 0.261 e. The van der Waals surface area contributed by atoms with Crippen molar-refractivity contribution in [2.45, 2.75) is 25.8 Å². The van der Waals surface area contributed by atoms with E-state index in [2.05, 4.69) is 10.6 Å². The summed E-state index contributed by atoms with van der Waals surface area (Å²) in [6.07, 6.45) is 1.46. The number of hydrogen-bond donors (Lipinski definition) is 2. The van der Waals surface area contributed by atoms with Crippen LogP contribution in [0.15, 0.2) is 41.8 Å². The molecule has 0 bridgehead atoms. The van der Waals surface area contributed by atoms with Crippen molar-refractivity contribution in [3.63, 3.8) is 0 Å². The molecule has 1 atom stereocenters. The SMILES string of the molecule is CC(NC(=O)c1cccs1)C(=O)Nc1ccc(N2CCCC2=O)cc1. The molecule has 0 saturated carbocycles. The van der Waals surface area contributed by atoms with Crippen molar-refractivity contribution < 1.29 is 14.4 Å². The molecule has 1 fully saturated rings. The second-order valence-corrected chi connectivity index (χ2v) is 6.81. The van der Waals surface area contributed by atoms with Crippen LogP contribution in [-0.4, -0.2) is 30.3 Å². The third-order valence-electron chi connectivity index (χ3n) is 4.01. The number of nitrogens with one attached hydrogen (secondary N) is 2. The Balaban J connectivity index is 1.57. The molecular weight excluding hydrogens is 338 g/mol. The summed E-state index contributed by atoms with van der Waals surface area (Å²) in [5.74, 6) is -0.433. The Labute approximate surface area is 149 Å². The highest BCUT2D eigenvalue weighted by Gasteiger charge is 2.22. The monoisotopic (exact) mass is 357 g/mol. The van der Waals surface area contributed by atoms with E-state index in [1.165, 1.54) is 11.3 Å². The zero-order valence-corrected chi connectivity index (χ0v) is 14.6. The van der Waals surface area contributed by atoms with Crippen molar-refractivity contribution >= 4 is 40.4 Å². The average Bonchev–Trinajstić information content (AvgIpc) is 3.27. The van der Waals surface area contributed by atoms with Crippen LogP contribution in [0, 0.1) is 0 Å². The first-order chi connectivity index (χ1) is 12.0. The number of thiophene rings is 1. The van der Waals surface area contributed by atoms with E-state index < -0.39 is 6.04 Å². The molecule has 25 heavy (non-hydrogen) atoms. The highest BCUT2D eigenvalue weighted by molar-refractivity contribution is 7.12. The zero-order valence-electron chi connectivity index (χ0n) is 13.8. The van der Waals surface area contributed by atoms with E-state index in [1.54, 1.807) is 36.1 Å². The lowest BCUT2D eigenvalue weighted by Gasteiger charge is -2.17. The Morgan fingerprint density at radius 1 is 1.20 bits per heavy atom. The molecule has 1 aliphatic rings. The van der Waals surface area contributed by atoms with Crippen molar-refractivity contribution in [3.05, 3.63) is 46.7 Å². The molecule has 130 valence electrons. The number of rotatable bonds is 5. The van der Waals surface area contributed by atoms with E-state index >= 15 is 0 Å². The average molecular weight is 357 g/mol. The number of nitrogens with zero attached hydrogens (tertiary/aromatic N) is 1. The number of anilines is 2. The number of carbonyl (C=O) groups excluding carboxylic acids is 3. The maximum absolute atomic E-state index is 12.2. The second-order valence-electron chi connectivity index (χ2n) is 5.86. The summed E-state index contributed by atoms with van der Waals surface area (Å²) >= 11 is 1.33. The van der Waals surface area contributed by atoms with Gasteiger partial charge in [-0.05, 0) is 49.1 Å². The lowest BCUT2D eigenvalue weighted by Crippen LogP contribution is -2.41. The van der Waals surface area contributed by atoms with Gasteiger partial charge >= 0.3 is 0 Å². The van der Waals surface area contributed by atoms with Gasteiger partial charge in [-0.1, -0.05) is 6.07 Å². The molecule has 7 heteroatoms. The van der Waals surface area contributed by atoms with E-state index in [0.717, 1.165) is 18.7 Å². The van der Waals surface area contributed by atoms with Crippen LogP contribution in [0.4, 0.5) is 11.4 Å². The topological polar surface area (TPSA) is 78.5 Å². The van der Waals surface area contributed by atoms with Crippen LogP contribution in [0.2, 0.25) is 0 Å². The van der Waals surface area contributed by atoms with Gasteiger partial charge in [0.15, 0.2) is 0 Å². The third kappa shape index (κ3) is 4.06. The molecule has 0 spiro atoms. The molecule has 3 amide bonds. The molecule has 1 aromatic carbocycles. The number of hydrogen-bond acceptors (Lipinski definition) is 4. The Bertz CT molecular complexity index is 771. The molecule has 1 aliphatic heterocycles. The molecule has 6 nitrogen and oxygen atoms in total. The number of carbonyl (C=O) groups is 3. The zero-order chi connectivity index (χ0) is 17.8. The minimum atomic E-state index is -0.658. The minimum Gasteiger partial charge on any atom is -0.340 e. The fourth-order valence-electron chi connectivity index (χ4n) is 2.64. The van der Waals surface area contributed by atoms with Crippen molar-refractivity contribution in [1.82, 2.24) is 5.32 Å². The van der Waals surface area contributed by atoms with Gasteiger partial charge in [0.25, 0.3) is 5.91 Å². The Kier molecular flexibility index (Phi) is 5.14. The van der Waals surface area contributed by atoms with E-state index in [0.29, 0.717) is 17.0 Å². The molecule has 1 aromatic heterocycles. The minimum absolute atomic E-state index is 0.127. The maximum atomic E-state index is 12.2. The molecular formula is C18H19N3O3S. The van der Waals surface area contributed by atoms with Crippen LogP contribution < -0.4 is 15.5 Å². The van der Waals surface area contributed by atoms with Crippen LogP contribution in [0.3, 0.4) is 0 Å². The standard InChI is InChI=1S/C18H19N3O3S/c1-12(19-18(24)15-4-3-11-25-15)17(23)20-13-6-8-14(9-7-13)21-10-2-5-16(21)22/h3-4,6-9,11-12H,2,5,10H2,1H3,(H,19,24)(H,20,23). The van der Waals surface area contributed by atoms with Crippen molar-refractivity contribution in [2.75, 3.05) is 16.8 Å². The van der Waals surface area contributed by atoms with Crippen molar-refractivity contribution in [1.29, 1.82) is 0 Å².